The lowest BCUT2D eigenvalue weighted by atomic mass is 10.0. The number of benzene rings is 1. The largest absolute Gasteiger partial charge is 0.310 e. The van der Waals surface area contributed by atoms with Crippen LogP contribution in [0.5, 0.6) is 0 Å². The number of hydrogen-bond acceptors (Lipinski definition) is 3. The molecule has 18 heavy (non-hydrogen) atoms. The highest BCUT2D eigenvalue weighted by Gasteiger charge is 2.14. The van der Waals surface area contributed by atoms with Crippen LogP contribution in [-0.4, -0.2) is 32.1 Å². The first kappa shape index (κ1) is 13.5. The highest BCUT2D eigenvalue weighted by atomic mass is 32.1. The normalized spacial score (nSPS) is 13.3. The minimum atomic E-state index is 0.458. The van der Waals surface area contributed by atoms with Gasteiger partial charge in [0.05, 0.1) is 0 Å². The Hall–Kier alpha value is -0.900. The molecule has 0 aliphatic rings. The molecule has 0 aliphatic carbocycles. The predicted octanol–water partition coefficient (Wildman–Crippen LogP) is 3.50. The summed E-state index contributed by atoms with van der Waals surface area (Å²) >= 11 is 1.85. The van der Waals surface area contributed by atoms with Gasteiger partial charge in [0.1, 0.15) is 0 Å². The van der Waals surface area contributed by atoms with Crippen LogP contribution in [0.1, 0.15) is 24.9 Å². The number of rotatable bonds is 6. The van der Waals surface area contributed by atoms with E-state index in [0.717, 1.165) is 19.5 Å². The van der Waals surface area contributed by atoms with Crippen molar-refractivity contribution in [3.63, 3.8) is 0 Å². The van der Waals surface area contributed by atoms with Crippen LogP contribution in [0, 0.1) is 0 Å². The van der Waals surface area contributed by atoms with Gasteiger partial charge in [-0.3, -0.25) is 0 Å². The maximum absolute atomic E-state index is 3.62. The first-order valence-electron chi connectivity index (χ1n) is 6.56. The molecule has 0 bridgehead atoms. The summed E-state index contributed by atoms with van der Waals surface area (Å²) < 4.78 is 1.43. The van der Waals surface area contributed by atoms with Crippen LogP contribution in [0.4, 0.5) is 0 Å². The van der Waals surface area contributed by atoms with E-state index in [4.69, 9.17) is 0 Å². The molecule has 2 nitrogen and oxygen atoms in total. The Morgan fingerprint density at radius 3 is 2.83 bits per heavy atom. The van der Waals surface area contributed by atoms with Crippen LogP contribution in [0.15, 0.2) is 29.6 Å². The van der Waals surface area contributed by atoms with Crippen molar-refractivity contribution in [3.05, 3.63) is 35.2 Å². The lowest BCUT2D eigenvalue weighted by Crippen LogP contribution is -2.25. The van der Waals surface area contributed by atoms with Crippen molar-refractivity contribution >= 4 is 21.4 Å². The van der Waals surface area contributed by atoms with Gasteiger partial charge < -0.3 is 10.2 Å². The first-order valence-corrected chi connectivity index (χ1v) is 7.44. The van der Waals surface area contributed by atoms with Gasteiger partial charge in [0.25, 0.3) is 0 Å². The average molecular weight is 262 g/mol. The summed E-state index contributed by atoms with van der Waals surface area (Å²) in [5, 5.41) is 7.17. The third-order valence-corrected chi connectivity index (χ3v) is 4.18. The molecule has 3 heteroatoms. The van der Waals surface area contributed by atoms with E-state index in [0.29, 0.717) is 6.04 Å². The minimum absolute atomic E-state index is 0.458. The van der Waals surface area contributed by atoms with Crippen LogP contribution in [0.3, 0.4) is 0 Å². The Bertz CT molecular complexity index is 490. The Morgan fingerprint density at radius 1 is 1.28 bits per heavy atom. The molecular weight excluding hydrogens is 240 g/mol. The van der Waals surface area contributed by atoms with E-state index in [9.17, 15) is 0 Å². The fraction of sp³-hybridized carbons (Fsp3) is 0.467. The van der Waals surface area contributed by atoms with Crippen molar-refractivity contribution < 1.29 is 0 Å². The van der Waals surface area contributed by atoms with Crippen molar-refractivity contribution in [2.24, 2.45) is 0 Å². The topological polar surface area (TPSA) is 15.3 Å². The van der Waals surface area contributed by atoms with Gasteiger partial charge in [0.15, 0.2) is 0 Å². The Kier molecular flexibility index (Phi) is 4.75. The first-order chi connectivity index (χ1) is 8.72. The smallest absolute Gasteiger partial charge is 0.0390 e. The molecule has 0 aliphatic heterocycles. The SMILES string of the molecule is CCNC(CCN(C)C)c1cccc2ccsc12. The fourth-order valence-electron chi connectivity index (χ4n) is 2.29. The van der Waals surface area contributed by atoms with Gasteiger partial charge >= 0.3 is 0 Å². The van der Waals surface area contributed by atoms with Gasteiger partial charge in [-0.25, -0.2) is 0 Å². The van der Waals surface area contributed by atoms with Crippen molar-refractivity contribution in [2.45, 2.75) is 19.4 Å². The van der Waals surface area contributed by atoms with Gasteiger partial charge in [-0.1, -0.05) is 25.1 Å². The van der Waals surface area contributed by atoms with Gasteiger partial charge in [-0.05, 0) is 56.0 Å². The monoisotopic (exact) mass is 262 g/mol. The fourth-order valence-corrected chi connectivity index (χ4v) is 3.26. The van der Waals surface area contributed by atoms with Gasteiger partial charge in [0, 0.05) is 10.7 Å². The molecule has 1 N–H and O–H groups in total. The van der Waals surface area contributed by atoms with Crippen LogP contribution < -0.4 is 5.32 Å². The molecule has 2 rings (SSSR count). The summed E-state index contributed by atoms with van der Waals surface area (Å²) in [6, 6.07) is 9.30. The van der Waals surface area contributed by atoms with Crippen LogP contribution in [0.25, 0.3) is 10.1 Å². The third kappa shape index (κ3) is 3.10. The van der Waals surface area contributed by atoms with Crippen molar-refractivity contribution in [2.75, 3.05) is 27.2 Å². The highest BCUT2D eigenvalue weighted by molar-refractivity contribution is 7.17. The quantitative estimate of drug-likeness (QED) is 0.857. The second-order valence-corrected chi connectivity index (χ2v) is 5.80. The molecule has 1 aromatic carbocycles. The van der Waals surface area contributed by atoms with Crippen LogP contribution in [-0.2, 0) is 0 Å². The molecule has 0 radical (unpaired) electrons. The Morgan fingerprint density at radius 2 is 2.11 bits per heavy atom. The summed E-state index contributed by atoms with van der Waals surface area (Å²) in [7, 11) is 4.27. The van der Waals surface area contributed by atoms with Crippen molar-refractivity contribution in [3.8, 4) is 0 Å². The molecule has 1 unspecified atom stereocenters. The second-order valence-electron chi connectivity index (χ2n) is 4.89. The number of nitrogens with zero attached hydrogens (tertiary/aromatic N) is 1. The van der Waals surface area contributed by atoms with E-state index >= 15 is 0 Å². The molecule has 1 atom stereocenters. The zero-order valence-corrected chi connectivity index (χ0v) is 12.3. The zero-order chi connectivity index (χ0) is 13.0. The molecule has 98 valence electrons. The lowest BCUT2D eigenvalue weighted by Gasteiger charge is -2.21. The number of hydrogen-bond donors (Lipinski definition) is 1. The molecule has 0 saturated carbocycles. The molecule has 0 amide bonds. The van der Waals surface area contributed by atoms with E-state index in [2.05, 4.69) is 60.9 Å². The van der Waals surface area contributed by atoms with Gasteiger partial charge in [0.2, 0.25) is 0 Å². The summed E-state index contributed by atoms with van der Waals surface area (Å²) in [5.41, 5.74) is 1.45. The molecule has 0 fully saturated rings. The van der Waals surface area contributed by atoms with E-state index < -0.39 is 0 Å². The van der Waals surface area contributed by atoms with E-state index in [1.54, 1.807) is 0 Å². The predicted molar refractivity (Wildman–Crippen MR) is 81.4 cm³/mol. The van der Waals surface area contributed by atoms with Gasteiger partial charge in [-0.15, -0.1) is 11.3 Å². The van der Waals surface area contributed by atoms with E-state index in [-0.39, 0.29) is 0 Å². The summed E-state index contributed by atoms with van der Waals surface area (Å²) in [6.07, 6.45) is 1.15. The highest BCUT2D eigenvalue weighted by Crippen LogP contribution is 2.30. The molecule has 1 heterocycles. The van der Waals surface area contributed by atoms with Gasteiger partial charge in [-0.2, -0.15) is 0 Å². The maximum Gasteiger partial charge on any atom is 0.0390 e. The van der Waals surface area contributed by atoms with Crippen LogP contribution in [0.2, 0.25) is 0 Å². The van der Waals surface area contributed by atoms with Crippen molar-refractivity contribution in [1.29, 1.82) is 0 Å². The number of nitrogens with one attached hydrogen (secondary N) is 1. The van der Waals surface area contributed by atoms with Crippen molar-refractivity contribution in [1.82, 2.24) is 10.2 Å². The Labute approximate surface area is 114 Å². The summed E-state index contributed by atoms with van der Waals surface area (Å²) in [6.45, 7) is 4.30. The molecule has 2 aromatic rings. The minimum Gasteiger partial charge on any atom is -0.310 e. The van der Waals surface area contributed by atoms with Crippen LogP contribution >= 0.6 is 11.3 Å². The average Bonchev–Trinajstić information content (AvgIpc) is 2.82. The lowest BCUT2D eigenvalue weighted by molar-refractivity contribution is 0.364. The Balaban J connectivity index is 2.26. The summed E-state index contributed by atoms with van der Waals surface area (Å²) in [5.74, 6) is 0. The molecular formula is C15H22N2S. The number of fused-ring (bicyclic) bond motifs is 1. The molecule has 0 saturated heterocycles. The van der Waals surface area contributed by atoms with E-state index in [1.807, 2.05) is 11.3 Å². The molecule has 0 spiro atoms. The molecule has 1 aromatic heterocycles. The standard InChI is InChI=1S/C15H22N2S/c1-4-16-14(8-10-17(2)3)13-7-5-6-12-9-11-18-15(12)13/h5-7,9,11,14,16H,4,8,10H2,1-3H3. The zero-order valence-electron chi connectivity index (χ0n) is 11.4. The number of thiophene rings is 1. The third-order valence-electron chi connectivity index (χ3n) is 3.20. The second kappa shape index (κ2) is 6.32. The maximum atomic E-state index is 3.62. The van der Waals surface area contributed by atoms with E-state index in [1.165, 1.54) is 15.6 Å². The summed E-state index contributed by atoms with van der Waals surface area (Å²) in [4.78, 5) is 2.25.